The largest absolute Gasteiger partial charge is 0.314 e. The van der Waals surface area contributed by atoms with E-state index in [9.17, 15) is 0 Å². The van der Waals surface area contributed by atoms with Gasteiger partial charge in [0.15, 0.2) is 0 Å². The molecular formula is C9H20N2. The maximum absolute atomic E-state index is 3.43. The second kappa shape index (κ2) is 3.11. The standard InChI is InChI=1S/C9H20N2/c1-9(2,3)8-7-10-5-6-11(8)4/h8,10H,5-7H2,1-4H3/t8-/m0/s1. The molecule has 0 aromatic heterocycles. The van der Waals surface area contributed by atoms with E-state index in [1.54, 1.807) is 0 Å². The van der Waals surface area contributed by atoms with Crippen LogP contribution in [0.4, 0.5) is 0 Å². The van der Waals surface area contributed by atoms with Gasteiger partial charge in [-0.15, -0.1) is 0 Å². The lowest BCUT2D eigenvalue weighted by molar-refractivity contribution is 0.101. The molecule has 11 heavy (non-hydrogen) atoms. The van der Waals surface area contributed by atoms with Gasteiger partial charge in [0, 0.05) is 25.7 Å². The fourth-order valence-corrected chi connectivity index (χ4v) is 1.77. The van der Waals surface area contributed by atoms with Gasteiger partial charge in [-0.1, -0.05) is 20.8 Å². The van der Waals surface area contributed by atoms with E-state index < -0.39 is 0 Å². The normalized spacial score (nSPS) is 28.9. The average molecular weight is 156 g/mol. The van der Waals surface area contributed by atoms with Crippen molar-refractivity contribution in [1.29, 1.82) is 0 Å². The van der Waals surface area contributed by atoms with Gasteiger partial charge in [0.1, 0.15) is 0 Å². The van der Waals surface area contributed by atoms with Crippen LogP contribution in [0.3, 0.4) is 0 Å². The smallest absolute Gasteiger partial charge is 0.0266 e. The summed E-state index contributed by atoms with van der Waals surface area (Å²) in [7, 11) is 2.22. The van der Waals surface area contributed by atoms with Crippen molar-refractivity contribution in [2.45, 2.75) is 26.8 Å². The summed E-state index contributed by atoms with van der Waals surface area (Å²) in [5.74, 6) is 0. The number of piperazine rings is 1. The summed E-state index contributed by atoms with van der Waals surface area (Å²) in [5, 5.41) is 3.43. The average Bonchev–Trinajstić information content (AvgIpc) is 1.86. The lowest BCUT2D eigenvalue weighted by atomic mass is 9.85. The highest BCUT2D eigenvalue weighted by Gasteiger charge is 2.29. The highest BCUT2D eigenvalue weighted by atomic mass is 15.2. The van der Waals surface area contributed by atoms with E-state index in [1.807, 2.05) is 0 Å². The summed E-state index contributed by atoms with van der Waals surface area (Å²) in [6, 6.07) is 0.691. The van der Waals surface area contributed by atoms with Gasteiger partial charge >= 0.3 is 0 Å². The fourth-order valence-electron chi connectivity index (χ4n) is 1.77. The van der Waals surface area contributed by atoms with E-state index in [2.05, 4.69) is 38.0 Å². The van der Waals surface area contributed by atoms with Crippen LogP contribution < -0.4 is 5.32 Å². The molecule has 1 N–H and O–H groups in total. The van der Waals surface area contributed by atoms with Gasteiger partial charge in [-0.25, -0.2) is 0 Å². The monoisotopic (exact) mass is 156 g/mol. The van der Waals surface area contributed by atoms with Crippen molar-refractivity contribution in [1.82, 2.24) is 10.2 Å². The van der Waals surface area contributed by atoms with Crippen LogP contribution in [0.1, 0.15) is 20.8 Å². The Morgan fingerprint density at radius 2 is 2.00 bits per heavy atom. The molecule has 1 fully saturated rings. The number of hydrogen-bond donors (Lipinski definition) is 1. The van der Waals surface area contributed by atoms with Crippen LogP contribution in [-0.2, 0) is 0 Å². The topological polar surface area (TPSA) is 15.3 Å². The zero-order chi connectivity index (χ0) is 8.48. The molecule has 1 rings (SSSR count). The van der Waals surface area contributed by atoms with Gasteiger partial charge in [-0.2, -0.15) is 0 Å². The minimum atomic E-state index is 0.405. The highest BCUT2D eigenvalue weighted by Crippen LogP contribution is 2.23. The zero-order valence-electron chi connectivity index (χ0n) is 8.15. The van der Waals surface area contributed by atoms with E-state index in [4.69, 9.17) is 0 Å². The molecule has 0 aromatic carbocycles. The van der Waals surface area contributed by atoms with Crippen molar-refractivity contribution >= 4 is 0 Å². The molecular weight excluding hydrogens is 136 g/mol. The first-order valence-corrected chi connectivity index (χ1v) is 4.43. The second-order valence-electron chi connectivity index (χ2n) is 4.57. The number of nitrogens with zero attached hydrogens (tertiary/aromatic N) is 1. The molecule has 2 heteroatoms. The molecule has 0 radical (unpaired) electrons. The molecule has 0 aliphatic carbocycles. The Bertz CT molecular complexity index is 126. The highest BCUT2D eigenvalue weighted by molar-refractivity contribution is 4.86. The number of hydrogen-bond acceptors (Lipinski definition) is 2. The Labute approximate surface area is 70.0 Å². The minimum absolute atomic E-state index is 0.405. The Balaban J connectivity index is 2.55. The maximum atomic E-state index is 3.43. The van der Waals surface area contributed by atoms with Crippen molar-refractivity contribution in [2.75, 3.05) is 26.7 Å². The SMILES string of the molecule is CN1CCNC[C@H]1C(C)(C)C. The summed E-state index contributed by atoms with van der Waals surface area (Å²) < 4.78 is 0. The van der Waals surface area contributed by atoms with Crippen LogP contribution in [0.2, 0.25) is 0 Å². The van der Waals surface area contributed by atoms with Crippen LogP contribution in [0, 0.1) is 5.41 Å². The molecule has 1 aliphatic rings. The predicted octanol–water partition coefficient (Wildman–Crippen LogP) is 0.936. The van der Waals surface area contributed by atoms with Crippen molar-refractivity contribution in [3.05, 3.63) is 0 Å². The number of likely N-dealkylation sites (N-methyl/N-ethyl adjacent to an activating group) is 1. The van der Waals surface area contributed by atoms with Crippen molar-refractivity contribution < 1.29 is 0 Å². The Morgan fingerprint density at radius 3 is 2.36 bits per heavy atom. The molecule has 0 saturated carbocycles. The van der Waals surface area contributed by atoms with Gasteiger partial charge in [-0.05, 0) is 12.5 Å². The summed E-state index contributed by atoms with van der Waals surface area (Å²) in [6.45, 7) is 10.4. The molecule has 1 aliphatic heterocycles. The third-order valence-corrected chi connectivity index (χ3v) is 2.51. The van der Waals surface area contributed by atoms with Gasteiger partial charge in [0.2, 0.25) is 0 Å². The van der Waals surface area contributed by atoms with E-state index >= 15 is 0 Å². The first kappa shape index (κ1) is 9.01. The lowest BCUT2D eigenvalue weighted by Gasteiger charge is -2.41. The molecule has 1 heterocycles. The summed E-state index contributed by atoms with van der Waals surface area (Å²) in [5.41, 5.74) is 0.405. The van der Waals surface area contributed by atoms with Crippen molar-refractivity contribution in [3.63, 3.8) is 0 Å². The number of nitrogens with one attached hydrogen (secondary N) is 1. The minimum Gasteiger partial charge on any atom is -0.314 e. The van der Waals surface area contributed by atoms with Crippen molar-refractivity contribution in [3.8, 4) is 0 Å². The molecule has 0 bridgehead atoms. The summed E-state index contributed by atoms with van der Waals surface area (Å²) >= 11 is 0. The third-order valence-electron chi connectivity index (χ3n) is 2.51. The second-order valence-corrected chi connectivity index (χ2v) is 4.57. The van der Waals surface area contributed by atoms with Crippen LogP contribution in [0.5, 0.6) is 0 Å². The van der Waals surface area contributed by atoms with Gasteiger partial charge in [0.05, 0.1) is 0 Å². The first-order valence-electron chi connectivity index (χ1n) is 4.43. The molecule has 1 atom stereocenters. The summed E-state index contributed by atoms with van der Waals surface area (Å²) in [4.78, 5) is 2.45. The van der Waals surface area contributed by atoms with Gasteiger partial charge in [0.25, 0.3) is 0 Å². The Hall–Kier alpha value is -0.0800. The van der Waals surface area contributed by atoms with E-state index in [0.717, 1.165) is 13.1 Å². The molecule has 1 saturated heterocycles. The van der Waals surface area contributed by atoms with Crippen LogP contribution in [-0.4, -0.2) is 37.6 Å². The van der Waals surface area contributed by atoms with E-state index in [0.29, 0.717) is 11.5 Å². The Morgan fingerprint density at radius 1 is 1.36 bits per heavy atom. The maximum Gasteiger partial charge on any atom is 0.0266 e. The lowest BCUT2D eigenvalue weighted by Crippen LogP contribution is -2.54. The first-order chi connectivity index (χ1) is 5.02. The molecule has 0 amide bonds. The number of rotatable bonds is 0. The van der Waals surface area contributed by atoms with E-state index in [-0.39, 0.29) is 0 Å². The third kappa shape index (κ3) is 2.17. The molecule has 0 unspecified atom stereocenters. The zero-order valence-corrected chi connectivity index (χ0v) is 8.15. The quantitative estimate of drug-likeness (QED) is 0.561. The van der Waals surface area contributed by atoms with Crippen LogP contribution in [0.15, 0.2) is 0 Å². The Kier molecular flexibility index (Phi) is 2.55. The van der Waals surface area contributed by atoms with Gasteiger partial charge in [-0.3, -0.25) is 0 Å². The molecule has 66 valence electrons. The molecule has 2 nitrogen and oxygen atoms in total. The van der Waals surface area contributed by atoms with Crippen LogP contribution in [0.25, 0.3) is 0 Å². The van der Waals surface area contributed by atoms with E-state index in [1.165, 1.54) is 6.54 Å². The molecule has 0 spiro atoms. The van der Waals surface area contributed by atoms with Crippen LogP contribution >= 0.6 is 0 Å². The summed E-state index contributed by atoms with van der Waals surface area (Å²) in [6.07, 6.45) is 0. The van der Waals surface area contributed by atoms with Gasteiger partial charge < -0.3 is 10.2 Å². The predicted molar refractivity (Wildman–Crippen MR) is 48.7 cm³/mol. The molecule has 0 aromatic rings. The van der Waals surface area contributed by atoms with Crippen molar-refractivity contribution in [2.24, 2.45) is 5.41 Å². The fraction of sp³-hybridized carbons (Fsp3) is 1.00.